The van der Waals surface area contributed by atoms with Gasteiger partial charge in [-0.3, -0.25) is 14.6 Å². The standard InChI is InChI=1S/C16H31N3O2/c1-3-17(2)16(21)8-11-18-9-4-6-14(18)12-19-10-5-7-15(19)13-20/h14-15,20H,3-13H2,1-2H3. The second-order valence-electron chi connectivity index (χ2n) is 6.46. The van der Waals surface area contributed by atoms with Crippen molar-refractivity contribution >= 4 is 5.91 Å². The first-order chi connectivity index (χ1) is 10.2. The summed E-state index contributed by atoms with van der Waals surface area (Å²) in [6.45, 7) is 7.26. The quantitative estimate of drug-likeness (QED) is 0.754. The molecular weight excluding hydrogens is 266 g/mol. The van der Waals surface area contributed by atoms with Gasteiger partial charge in [-0.05, 0) is 45.7 Å². The summed E-state index contributed by atoms with van der Waals surface area (Å²) >= 11 is 0. The highest BCUT2D eigenvalue weighted by Crippen LogP contribution is 2.23. The van der Waals surface area contributed by atoms with E-state index < -0.39 is 0 Å². The van der Waals surface area contributed by atoms with E-state index in [1.807, 2.05) is 14.0 Å². The van der Waals surface area contributed by atoms with E-state index in [0.29, 0.717) is 18.5 Å². The van der Waals surface area contributed by atoms with E-state index in [2.05, 4.69) is 9.80 Å². The minimum absolute atomic E-state index is 0.248. The van der Waals surface area contributed by atoms with Crippen LogP contribution in [0.25, 0.3) is 0 Å². The SMILES string of the molecule is CCN(C)C(=O)CCN1CCCC1CN1CCCC1CO. The maximum Gasteiger partial charge on any atom is 0.223 e. The number of hydrogen-bond acceptors (Lipinski definition) is 4. The number of nitrogens with zero attached hydrogens (tertiary/aromatic N) is 3. The Kier molecular flexibility index (Phi) is 6.45. The maximum atomic E-state index is 11.9. The molecule has 0 aromatic carbocycles. The molecule has 21 heavy (non-hydrogen) atoms. The first-order valence-corrected chi connectivity index (χ1v) is 8.48. The molecule has 0 aromatic heterocycles. The fourth-order valence-electron chi connectivity index (χ4n) is 3.62. The molecule has 0 spiro atoms. The normalized spacial score (nSPS) is 27.4. The van der Waals surface area contributed by atoms with Gasteiger partial charge in [0.2, 0.25) is 5.91 Å². The zero-order valence-corrected chi connectivity index (χ0v) is 13.6. The van der Waals surface area contributed by atoms with Gasteiger partial charge in [-0.25, -0.2) is 0 Å². The molecule has 5 heteroatoms. The van der Waals surface area contributed by atoms with Crippen LogP contribution in [0.4, 0.5) is 0 Å². The van der Waals surface area contributed by atoms with Crippen LogP contribution < -0.4 is 0 Å². The van der Waals surface area contributed by atoms with E-state index in [1.165, 1.54) is 19.3 Å². The maximum absolute atomic E-state index is 11.9. The minimum Gasteiger partial charge on any atom is -0.395 e. The van der Waals surface area contributed by atoms with Crippen LogP contribution in [0.5, 0.6) is 0 Å². The highest BCUT2D eigenvalue weighted by molar-refractivity contribution is 5.75. The van der Waals surface area contributed by atoms with E-state index in [9.17, 15) is 9.90 Å². The van der Waals surface area contributed by atoms with Crippen LogP contribution in [-0.4, -0.2) is 84.2 Å². The highest BCUT2D eigenvalue weighted by atomic mass is 16.3. The predicted octanol–water partition coefficient (Wildman–Crippen LogP) is 0.776. The number of rotatable bonds is 7. The Labute approximate surface area is 128 Å². The lowest BCUT2D eigenvalue weighted by atomic mass is 10.1. The van der Waals surface area contributed by atoms with Gasteiger partial charge in [-0.15, -0.1) is 0 Å². The summed E-state index contributed by atoms with van der Waals surface area (Å²) in [4.78, 5) is 18.7. The third-order valence-corrected chi connectivity index (χ3v) is 5.17. The van der Waals surface area contributed by atoms with Crippen molar-refractivity contribution in [3.63, 3.8) is 0 Å². The van der Waals surface area contributed by atoms with Crippen LogP contribution in [0.2, 0.25) is 0 Å². The fraction of sp³-hybridized carbons (Fsp3) is 0.938. The molecule has 0 radical (unpaired) electrons. The lowest BCUT2D eigenvalue weighted by molar-refractivity contribution is -0.130. The molecule has 0 saturated carbocycles. The molecule has 0 aliphatic carbocycles. The molecule has 1 N–H and O–H groups in total. The Morgan fingerprint density at radius 2 is 1.86 bits per heavy atom. The monoisotopic (exact) mass is 297 g/mol. The van der Waals surface area contributed by atoms with E-state index in [4.69, 9.17) is 0 Å². The molecule has 2 rings (SSSR count). The van der Waals surface area contributed by atoms with E-state index in [0.717, 1.165) is 39.1 Å². The van der Waals surface area contributed by atoms with Crippen LogP contribution in [0, 0.1) is 0 Å². The average molecular weight is 297 g/mol. The van der Waals surface area contributed by atoms with Crippen molar-refractivity contribution < 1.29 is 9.90 Å². The number of carbonyl (C=O) groups is 1. The topological polar surface area (TPSA) is 47.0 Å². The Hall–Kier alpha value is -0.650. The Balaban J connectivity index is 1.79. The number of likely N-dealkylation sites (tertiary alicyclic amines) is 2. The van der Waals surface area contributed by atoms with E-state index in [1.54, 1.807) is 4.90 Å². The number of amides is 1. The minimum atomic E-state index is 0.248. The van der Waals surface area contributed by atoms with Crippen molar-refractivity contribution in [2.24, 2.45) is 0 Å². The summed E-state index contributed by atoms with van der Waals surface area (Å²) in [5, 5.41) is 9.44. The van der Waals surface area contributed by atoms with Gasteiger partial charge in [0.1, 0.15) is 0 Å². The molecule has 2 fully saturated rings. The number of aliphatic hydroxyl groups is 1. The first-order valence-electron chi connectivity index (χ1n) is 8.48. The molecule has 2 atom stereocenters. The second kappa shape index (κ2) is 8.11. The van der Waals surface area contributed by atoms with Crippen LogP contribution in [0.3, 0.4) is 0 Å². The van der Waals surface area contributed by atoms with Crippen LogP contribution in [0.15, 0.2) is 0 Å². The molecule has 2 aliphatic heterocycles. The van der Waals surface area contributed by atoms with Gasteiger partial charge >= 0.3 is 0 Å². The van der Waals surface area contributed by atoms with Crippen molar-refractivity contribution in [2.75, 3.05) is 46.4 Å². The molecule has 0 aromatic rings. The van der Waals surface area contributed by atoms with E-state index >= 15 is 0 Å². The largest absolute Gasteiger partial charge is 0.395 e. The van der Waals surface area contributed by atoms with Crippen LogP contribution in [-0.2, 0) is 4.79 Å². The van der Waals surface area contributed by atoms with Crippen molar-refractivity contribution in [3.05, 3.63) is 0 Å². The molecule has 2 unspecified atom stereocenters. The Morgan fingerprint density at radius 3 is 2.52 bits per heavy atom. The molecule has 1 amide bonds. The predicted molar refractivity (Wildman–Crippen MR) is 84.2 cm³/mol. The van der Waals surface area contributed by atoms with Gasteiger partial charge in [0.25, 0.3) is 0 Å². The highest BCUT2D eigenvalue weighted by Gasteiger charge is 2.31. The number of hydrogen-bond donors (Lipinski definition) is 1. The van der Waals surface area contributed by atoms with Crippen molar-refractivity contribution in [3.8, 4) is 0 Å². The van der Waals surface area contributed by atoms with Gasteiger partial charge in [0.05, 0.1) is 6.61 Å². The summed E-state index contributed by atoms with van der Waals surface area (Å²) in [5.74, 6) is 0.248. The fourth-order valence-corrected chi connectivity index (χ4v) is 3.62. The van der Waals surface area contributed by atoms with Crippen molar-refractivity contribution in [1.29, 1.82) is 0 Å². The molecule has 2 saturated heterocycles. The molecule has 0 bridgehead atoms. The average Bonchev–Trinajstić information content (AvgIpc) is 3.13. The third-order valence-electron chi connectivity index (χ3n) is 5.17. The summed E-state index contributed by atoms with van der Waals surface area (Å²) in [7, 11) is 1.87. The summed E-state index contributed by atoms with van der Waals surface area (Å²) in [6.07, 6.45) is 5.43. The van der Waals surface area contributed by atoms with E-state index in [-0.39, 0.29) is 12.5 Å². The zero-order valence-electron chi connectivity index (χ0n) is 13.6. The lowest BCUT2D eigenvalue weighted by Gasteiger charge is -2.31. The Morgan fingerprint density at radius 1 is 1.19 bits per heavy atom. The van der Waals surface area contributed by atoms with Gasteiger partial charge in [0.15, 0.2) is 0 Å². The number of carbonyl (C=O) groups excluding carboxylic acids is 1. The molecule has 5 nitrogen and oxygen atoms in total. The summed E-state index contributed by atoms with van der Waals surface area (Å²) < 4.78 is 0. The van der Waals surface area contributed by atoms with Crippen molar-refractivity contribution in [2.45, 2.75) is 51.1 Å². The molecular formula is C16H31N3O2. The van der Waals surface area contributed by atoms with Gasteiger partial charge in [0, 0.05) is 45.2 Å². The molecule has 2 aliphatic rings. The Bertz CT molecular complexity index is 337. The van der Waals surface area contributed by atoms with Crippen LogP contribution >= 0.6 is 0 Å². The van der Waals surface area contributed by atoms with Gasteiger partial charge < -0.3 is 10.0 Å². The smallest absolute Gasteiger partial charge is 0.223 e. The molecule has 122 valence electrons. The summed E-state index contributed by atoms with van der Waals surface area (Å²) in [6, 6.07) is 0.928. The van der Waals surface area contributed by atoms with Crippen molar-refractivity contribution in [1.82, 2.24) is 14.7 Å². The lowest BCUT2D eigenvalue weighted by Crippen LogP contribution is -2.44. The third kappa shape index (κ3) is 4.41. The zero-order chi connectivity index (χ0) is 15.2. The second-order valence-corrected chi connectivity index (χ2v) is 6.46. The van der Waals surface area contributed by atoms with Gasteiger partial charge in [-0.1, -0.05) is 0 Å². The summed E-state index contributed by atoms with van der Waals surface area (Å²) in [5.41, 5.74) is 0. The van der Waals surface area contributed by atoms with Gasteiger partial charge in [-0.2, -0.15) is 0 Å². The molecule has 2 heterocycles. The van der Waals surface area contributed by atoms with Crippen LogP contribution in [0.1, 0.15) is 39.0 Å². The first kappa shape index (κ1) is 16.7. The number of aliphatic hydroxyl groups excluding tert-OH is 1.